The molecule has 2 rings (SSSR count). The zero-order valence-corrected chi connectivity index (χ0v) is 9.57. The van der Waals surface area contributed by atoms with Crippen molar-refractivity contribution in [3.8, 4) is 5.75 Å². The van der Waals surface area contributed by atoms with Crippen molar-refractivity contribution in [3.63, 3.8) is 0 Å². The van der Waals surface area contributed by atoms with E-state index in [0.29, 0.717) is 19.7 Å². The summed E-state index contributed by atoms with van der Waals surface area (Å²) >= 11 is 0. The molecule has 1 aromatic carbocycles. The molecule has 0 radical (unpaired) electrons. The van der Waals surface area contributed by atoms with E-state index >= 15 is 0 Å². The third-order valence-corrected chi connectivity index (χ3v) is 2.39. The van der Waals surface area contributed by atoms with E-state index in [1.165, 1.54) is 0 Å². The Labute approximate surface area is 100 Å². The van der Waals surface area contributed by atoms with E-state index in [1.54, 1.807) is 0 Å². The van der Waals surface area contributed by atoms with Gasteiger partial charge in [-0.05, 0) is 6.07 Å². The van der Waals surface area contributed by atoms with Gasteiger partial charge in [-0.15, -0.1) is 12.4 Å². The van der Waals surface area contributed by atoms with Crippen LogP contribution in [-0.4, -0.2) is 35.7 Å². The highest BCUT2D eigenvalue weighted by Crippen LogP contribution is 2.21. The SMILES string of the molecule is Cl.O=C(O)CN1CCOc2ccccc2C1. The molecule has 0 saturated heterocycles. The van der Waals surface area contributed by atoms with Gasteiger partial charge in [-0.3, -0.25) is 9.69 Å². The van der Waals surface area contributed by atoms with Crippen molar-refractivity contribution < 1.29 is 14.6 Å². The van der Waals surface area contributed by atoms with Gasteiger partial charge in [0.2, 0.25) is 0 Å². The highest BCUT2D eigenvalue weighted by Gasteiger charge is 2.16. The molecule has 0 unspecified atom stereocenters. The quantitative estimate of drug-likeness (QED) is 0.853. The Hall–Kier alpha value is -1.26. The minimum atomic E-state index is -0.797. The maximum Gasteiger partial charge on any atom is 0.317 e. The van der Waals surface area contributed by atoms with Crippen molar-refractivity contribution in [2.75, 3.05) is 19.7 Å². The van der Waals surface area contributed by atoms with Gasteiger partial charge in [0.25, 0.3) is 0 Å². The zero-order chi connectivity index (χ0) is 10.7. The van der Waals surface area contributed by atoms with Crippen LogP contribution in [0.5, 0.6) is 5.75 Å². The number of rotatable bonds is 2. The minimum absolute atomic E-state index is 0. The van der Waals surface area contributed by atoms with Gasteiger partial charge < -0.3 is 9.84 Å². The number of fused-ring (bicyclic) bond motifs is 1. The summed E-state index contributed by atoms with van der Waals surface area (Å²) in [5, 5.41) is 8.72. The summed E-state index contributed by atoms with van der Waals surface area (Å²) in [6.45, 7) is 1.91. The largest absolute Gasteiger partial charge is 0.492 e. The maximum atomic E-state index is 10.6. The van der Waals surface area contributed by atoms with Crippen molar-refractivity contribution in [1.82, 2.24) is 4.90 Å². The van der Waals surface area contributed by atoms with Gasteiger partial charge in [0, 0.05) is 18.7 Å². The van der Waals surface area contributed by atoms with Gasteiger partial charge in [-0.1, -0.05) is 18.2 Å². The predicted octanol–water partition coefficient (Wildman–Crippen LogP) is 1.39. The third-order valence-electron chi connectivity index (χ3n) is 2.39. The Morgan fingerprint density at radius 3 is 2.94 bits per heavy atom. The number of benzene rings is 1. The van der Waals surface area contributed by atoms with Crippen LogP contribution in [0, 0.1) is 0 Å². The van der Waals surface area contributed by atoms with E-state index in [0.717, 1.165) is 11.3 Å². The molecule has 1 aliphatic rings. The molecule has 0 saturated carbocycles. The summed E-state index contributed by atoms with van der Waals surface area (Å²) < 4.78 is 5.53. The molecule has 0 fully saturated rings. The van der Waals surface area contributed by atoms with Crippen LogP contribution in [0.15, 0.2) is 24.3 Å². The molecule has 88 valence electrons. The number of hydrogen-bond donors (Lipinski definition) is 1. The van der Waals surface area contributed by atoms with Crippen LogP contribution in [0.25, 0.3) is 0 Å². The molecule has 0 aliphatic carbocycles. The lowest BCUT2D eigenvalue weighted by Gasteiger charge is -2.15. The van der Waals surface area contributed by atoms with Crippen molar-refractivity contribution in [1.29, 1.82) is 0 Å². The molecule has 0 spiro atoms. The van der Waals surface area contributed by atoms with Gasteiger partial charge in [0.15, 0.2) is 0 Å². The number of aliphatic carboxylic acids is 1. The van der Waals surface area contributed by atoms with E-state index in [-0.39, 0.29) is 19.0 Å². The first-order valence-electron chi connectivity index (χ1n) is 4.90. The number of carboxylic acid groups (broad SMARTS) is 1. The van der Waals surface area contributed by atoms with Crippen LogP contribution in [0.4, 0.5) is 0 Å². The summed E-state index contributed by atoms with van der Waals surface area (Å²) in [5.41, 5.74) is 1.05. The van der Waals surface area contributed by atoms with Crippen molar-refractivity contribution >= 4 is 18.4 Å². The topological polar surface area (TPSA) is 49.8 Å². The van der Waals surface area contributed by atoms with E-state index in [2.05, 4.69) is 0 Å². The highest BCUT2D eigenvalue weighted by molar-refractivity contribution is 5.85. The van der Waals surface area contributed by atoms with E-state index in [4.69, 9.17) is 9.84 Å². The number of nitrogens with zero attached hydrogens (tertiary/aromatic N) is 1. The predicted molar refractivity (Wildman–Crippen MR) is 62.1 cm³/mol. The fraction of sp³-hybridized carbons (Fsp3) is 0.364. The van der Waals surface area contributed by atoms with E-state index in [1.807, 2.05) is 29.2 Å². The molecule has 16 heavy (non-hydrogen) atoms. The van der Waals surface area contributed by atoms with Gasteiger partial charge in [-0.2, -0.15) is 0 Å². The number of carbonyl (C=O) groups is 1. The Kier molecular flexibility index (Phi) is 4.58. The van der Waals surface area contributed by atoms with Crippen molar-refractivity contribution in [2.24, 2.45) is 0 Å². The van der Waals surface area contributed by atoms with E-state index < -0.39 is 5.97 Å². The van der Waals surface area contributed by atoms with Gasteiger partial charge >= 0.3 is 5.97 Å². The molecule has 1 heterocycles. The molecule has 0 bridgehead atoms. The van der Waals surface area contributed by atoms with Gasteiger partial charge in [0.05, 0.1) is 6.54 Å². The third kappa shape index (κ3) is 3.12. The summed E-state index contributed by atoms with van der Waals surface area (Å²) in [6, 6.07) is 7.74. The van der Waals surface area contributed by atoms with Crippen LogP contribution in [0.1, 0.15) is 5.56 Å². The fourth-order valence-corrected chi connectivity index (χ4v) is 1.71. The van der Waals surface area contributed by atoms with Crippen molar-refractivity contribution in [3.05, 3.63) is 29.8 Å². The lowest BCUT2D eigenvalue weighted by Crippen LogP contribution is -2.31. The van der Waals surface area contributed by atoms with Gasteiger partial charge in [0.1, 0.15) is 12.4 Å². The number of para-hydroxylation sites is 1. The van der Waals surface area contributed by atoms with Crippen LogP contribution in [-0.2, 0) is 11.3 Å². The first-order valence-corrected chi connectivity index (χ1v) is 4.90. The highest BCUT2D eigenvalue weighted by atomic mass is 35.5. The standard InChI is InChI=1S/C11H13NO3.ClH/c13-11(14)8-12-5-6-15-10-4-2-1-3-9(10)7-12;/h1-4H,5-8H2,(H,13,14);1H. The average Bonchev–Trinajstić information content (AvgIpc) is 2.38. The lowest BCUT2D eigenvalue weighted by molar-refractivity contribution is -0.138. The molecule has 0 amide bonds. The Bertz CT molecular complexity index is 370. The molecular weight excluding hydrogens is 230 g/mol. The second kappa shape index (κ2) is 5.72. The van der Waals surface area contributed by atoms with E-state index in [9.17, 15) is 4.79 Å². The monoisotopic (exact) mass is 243 g/mol. The fourth-order valence-electron chi connectivity index (χ4n) is 1.71. The molecule has 0 atom stereocenters. The van der Waals surface area contributed by atoms with Crippen LogP contribution < -0.4 is 4.74 Å². The molecular formula is C11H14ClNO3. The van der Waals surface area contributed by atoms with Gasteiger partial charge in [-0.25, -0.2) is 0 Å². The minimum Gasteiger partial charge on any atom is -0.492 e. The molecule has 0 aromatic heterocycles. The average molecular weight is 244 g/mol. The second-order valence-corrected chi connectivity index (χ2v) is 3.56. The summed E-state index contributed by atoms with van der Waals surface area (Å²) in [5.74, 6) is 0.0692. The smallest absolute Gasteiger partial charge is 0.317 e. The number of hydrogen-bond acceptors (Lipinski definition) is 3. The molecule has 5 heteroatoms. The Morgan fingerprint density at radius 2 is 2.19 bits per heavy atom. The summed E-state index contributed by atoms with van der Waals surface area (Å²) in [6.07, 6.45) is 0. The normalized spacial score (nSPS) is 15.2. The lowest BCUT2D eigenvalue weighted by atomic mass is 10.2. The maximum absolute atomic E-state index is 10.6. The molecule has 4 nitrogen and oxygen atoms in total. The molecule has 1 aromatic rings. The van der Waals surface area contributed by atoms with Crippen LogP contribution in [0.2, 0.25) is 0 Å². The molecule has 1 aliphatic heterocycles. The van der Waals surface area contributed by atoms with Crippen LogP contribution in [0.3, 0.4) is 0 Å². The number of ether oxygens (including phenoxy) is 1. The molecule has 1 N–H and O–H groups in total. The number of halogens is 1. The Balaban J connectivity index is 0.00000128. The first kappa shape index (κ1) is 12.8. The summed E-state index contributed by atoms with van der Waals surface area (Å²) in [4.78, 5) is 12.5. The zero-order valence-electron chi connectivity index (χ0n) is 8.76. The van der Waals surface area contributed by atoms with Crippen molar-refractivity contribution in [2.45, 2.75) is 6.54 Å². The second-order valence-electron chi connectivity index (χ2n) is 3.56. The van der Waals surface area contributed by atoms with Crippen LogP contribution >= 0.6 is 12.4 Å². The first-order chi connectivity index (χ1) is 7.25. The summed E-state index contributed by atoms with van der Waals surface area (Å²) in [7, 11) is 0. The number of carboxylic acids is 1. The Morgan fingerprint density at radius 1 is 1.44 bits per heavy atom.